The van der Waals surface area contributed by atoms with Crippen LogP contribution in [0.5, 0.6) is 0 Å². The van der Waals surface area contributed by atoms with E-state index in [0.29, 0.717) is 12.1 Å². The van der Waals surface area contributed by atoms with Crippen molar-refractivity contribution in [2.24, 2.45) is 0 Å². The van der Waals surface area contributed by atoms with Gasteiger partial charge in [0.25, 0.3) is 0 Å². The zero-order chi connectivity index (χ0) is 10.9. The van der Waals surface area contributed by atoms with Crippen LogP contribution in [-0.4, -0.2) is 0 Å². The molecule has 0 unspecified atom stereocenters. The number of alkyl halides is 3. The van der Waals surface area contributed by atoms with Gasteiger partial charge >= 0.3 is 6.18 Å². The van der Waals surface area contributed by atoms with Crippen LogP contribution < -0.4 is 0 Å². The normalized spacial score (nSPS) is 11.1. The van der Waals surface area contributed by atoms with Crippen molar-refractivity contribution >= 4 is 23.2 Å². The third-order valence-corrected chi connectivity index (χ3v) is 2.08. The van der Waals surface area contributed by atoms with Crippen molar-refractivity contribution in [2.75, 3.05) is 0 Å². The molecule has 0 N–H and O–H groups in total. The predicted octanol–water partition coefficient (Wildman–Crippen LogP) is 3.88. The zero-order valence-electron chi connectivity index (χ0n) is 6.49. The summed E-state index contributed by atoms with van der Waals surface area (Å²) in [6, 6.07) is 2.96. The Kier molecular flexibility index (Phi) is 2.93. The molecule has 0 saturated carbocycles. The molecule has 0 bridgehead atoms. The van der Waals surface area contributed by atoms with Crippen molar-refractivity contribution < 1.29 is 13.2 Å². The standard InChI is InChI=1S/C8H2Cl2F3N/c9-6-1-4(8(11,12)13)2-7(10)5(6)3-14/h1-2H. The highest BCUT2D eigenvalue weighted by Gasteiger charge is 2.31. The Balaban J connectivity index is 3.37. The minimum Gasteiger partial charge on any atom is -0.192 e. The van der Waals surface area contributed by atoms with Gasteiger partial charge in [-0.15, -0.1) is 0 Å². The molecule has 0 aromatic heterocycles. The van der Waals surface area contributed by atoms with Gasteiger partial charge in [-0.2, -0.15) is 18.4 Å². The average molecular weight is 240 g/mol. The molecule has 0 fully saturated rings. The lowest BCUT2D eigenvalue weighted by molar-refractivity contribution is -0.137. The third-order valence-electron chi connectivity index (χ3n) is 1.48. The van der Waals surface area contributed by atoms with Crippen molar-refractivity contribution in [3.05, 3.63) is 33.3 Å². The molecule has 0 aliphatic rings. The van der Waals surface area contributed by atoms with Crippen LogP contribution >= 0.6 is 23.2 Å². The van der Waals surface area contributed by atoms with E-state index in [1.54, 1.807) is 6.07 Å². The Bertz CT molecular complexity index is 383. The summed E-state index contributed by atoms with van der Waals surface area (Å²) < 4.78 is 36.6. The predicted molar refractivity (Wildman–Crippen MR) is 46.2 cm³/mol. The quantitative estimate of drug-likeness (QED) is 0.674. The van der Waals surface area contributed by atoms with Gasteiger partial charge in [-0.3, -0.25) is 0 Å². The number of hydrogen-bond donors (Lipinski definition) is 0. The summed E-state index contributed by atoms with van der Waals surface area (Å²) in [7, 11) is 0. The molecule has 0 atom stereocenters. The van der Waals surface area contributed by atoms with Crippen LogP contribution in [-0.2, 0) is 6.18 Å². The molecule has 0 amide bonds. The van der Waals surface area contributed by atoms with Crippen LogP contribution in [0.4, 0.5) is 13.2 Å². The van der Waals surface area contributed by atoms with Gasteiger partial charge in [0.15, 0.2) is 0 Å². The molecule has 6 heteroatoms. The van der Waals surface area contributed by atoms with Crippen molar-refractivity contribution in [3.63, 3.8) is 0 Å². The molecule has 0 saturated heterocycles. The molecule has 0 radical (unpaired) electrons. The summed E-state index contributed by atoms with van der Waals surface area (Å²) in [5.74, 6) is 0. The van der Waals surface area contributed by atoms with Crippen molar-refractivity contribution in [1.82, 2.24) is 0 Å². The van der Waals surface area contributed by atoms with E-state index in [4.69, 9.17) is 28.5 Å². The van der Waals surface area contributed by atoms with Crippen LogP contribution in [0.3, 0.4) is 0 Å². The monoisotopic (exact) mass is 239 g/mol. The van der Waals surface area contributed by atoms with E-state index >= 15 is 0 Å². The summed E-state index contributed by atoms with van der Waals surface area (Å²) in [5, 5.41) is 7.90. The molecule has 1 aromatic carbocycles. The Hall–Kier alpha value is -0.920. The molecular formula is C8H2Cl2F3N. The maximum Gasteiger partial charge on any atom is 0.416 e. The molecular weight excluding hydrogens is 238 g/mol. The molecule has 1 nitrogen and oxygen atoms in total. The Morgan fingerprint density at radius 2 is 1.57 bits per heavy atom. The molecule has 1 rings (SSSR count). The summed E-state index contributed by atoms with van der Waals surface area (Å²) in [5.41, 5.74) is -1.12. The maximum absolute atomic E-state index is 12.2. The first-order valence-electron chi connectivity index (χ1n) is 3.32. The molecule has 1 aromatic rings. The highest BCUT2D eigenvalue weighted by atomic mass is 35.5. The molecule has 0 heterocycles. The molecule has 0 spiro atoms. The van der Waals surface area contributed by atoms with Crippen LogP contribution in [0, 0.1) is 11.3 Å². The number of halogens is 5. The van der Waals surface area contributed by atoms with Crippen LogP contribution in [0.2, 0.25) is 10.0 Å². The van der Waals surface area contributed by atoms with Crippen LogP contribution in [0.15, 0.2) is 12.1 Å². The molecule has 74 valence electrons. The number of hydrogen-bond acceptors (Lipinski definition) is 1. The number of benzene rings is 1. The highest BCUT2D eigenvalue weighted by molar-refractivity contribution is 6.36. The van der Waals surface area contributed by atoms with Gasteiger partial charge < -0.3 is 0 Å². The van der Waals surface area contributed by atoms with Gasteiger partial charge in [0.05, 0.1) is 21.2 Å². The van der Waals surface area contributed by atoms with Crippen LogP contribution in [0.25, 0.3) is 0 Å². The lowest BCUT2D eigenvalue weighted by Crippen LogP contribution is -2.05. The Morgan fingerprint density at radius 3 is 1.86 bits per heavy atom. The van der Waals surface area contributed by atoms with E-state index in [9.17, 15) is 13.2 Å². The maximum atomic E-state index is 12.2. The zero-order valence-corrected chi connectivity index (χ0v) is 8.00. The fourth-order valence-electron chi connectivity index (χ4n) is 0.844. The summed E-state index contributed by atoms with van der Waals surface area (Å²) in [6.07, 6.45) is -4.51. The first kappa shape index (κ1) is 11.2. The topological polar surface area (TPSA) is 23.8 Å². The molecule has 0 aliphatic carbocycles. The largest absolute Gasteiger partial charge is 0.416 e. The van der Waals surface area contributed by atoms with Crippen molar-refractivity contribution in [1.29, 1.82) is 5.26 Å². The van der Waals surface area contributed by atoms with Gasteiger partial charge in [0.2, 0.25) is 0 Å². The minimum atomic E-state index is -4.51. The first-order valence-corrected chi connectivity index (χ1v) is 4.08. The van der Waals surface area contributed by atoms with Crippen molar-refractivity contribution in [3.8, 4) is 6.07 Å². The molecule has 0 aliphatic heterocycles. The highest BCUT2D eigenvalue weighted by Crippen LogP contribution is 2.35. The average Bonchev–Trinajstić information content (AvgIpc) is 2.01. The lowest BCUT2D eigenvalue weighted by Gasteiger charge is -2.08. The van der Waals surface area contributed by atoms with Crippen molar-refractivity contribution in [2.45, 2.75) is 6.18 Å². The second-order valence-electron chi connectivity index (χ2n) is 2.42. The fourth-order valence-corrected chi connectivity index (χ4v) is 1.42. The number of rotatable bonds is 0. The van der Waals surface area contributed by atoms with E-state index in [1.807, 2.05) is 0 Å². The molecule has 14 heavy (non-hydrogen) atoms. The van der Waals surface area contributed by atoms with Crippen LogP contribution in [0.1, 0.15) is 11.1 Å². The summed E-state index contributed by atoms with van der Waals surface area (Å²) in [6.45, 7) is 0. The third kappa shape index (κ3) is 2.11. The summed E-state index contributed by atoms with van der Waals surface area (Å²) in [4.78, 5) is 0. The van der Waals surface area contributed by atoms with E-state index in [-0.39, 0.29) is 15.6 Å². The van der Waals surface area contributed by atoms with Gasteiger partial charge in [0.1, 0.15) is 6.07 Å². The Morgan fingerprint density at radius 1 is 1.14 bits per heavy atom. The smallest absolute Gasteiger partial charge is 0.192 e. The lowest BCUT2D eigenvalue weighted by atomic mass is 10.1. The second-order valence-corrected chi connectivity index (χ2v) is 3.24. The van der Waals surface area contributed by atoms with E-state index in [2.05, 4.69) is 0 Å². The number of nitriles is 1. The van der Waals surface area contributed by atoms with Gasteiger partial charge in [-0.1, -0.05) is 23.2 Å². The van der Waals surface area contributed by atoms with E-state index in [1.165, 1.54) is 0 Å². The first-order chi connectivity index (χ1) is 6.36. The van der Waals surface area contributed by atoms with Gasteiger partial charge in [0, 0.05) is 0 Å². The van der Waals surface area contributed by atoms with Gasteiger partial charge in [-0.25, -0.2) is 0 Å². The fraction of sp³-hybridized carbons (Fsp3) is 0.125. The van der Waals surface area contributed by atoms with E-state index < -0.39 is 11.7 Å². The SMILES string of the molecule is N#Cc1c(Cl)cc(C(F)(F)F)cc1Cl. The number of nitrogens with zero attached hydrogens (tertiary/aromatic N) is 1. The van der Waals surface area contributed by atoms with E-state index in [0.717, 1.165) is 0 Å². The minimum absolute atomic E-state index is 0.152. The van der Waals surface area contributed by atoms with Gasteiger partial charge in [-0.05, 0) is 12.1 Å². The summed E-state index contributed by atoms with van der Waals surface area (Å²) >= 11 is 10.9. The second kappa shape index (κ2) is 3.68. The Labute approximate surface area is 87.7 Å².